The zero-order valence-corrected chi connectivity index (χ0v) is 19.2. The van der Waals surface area contributed by atoms with Crippen LogP contribution in [0.4, 0.5) is 0 Å². The fraction of sp³-hybridized carbons (Fsp3) is 0.192. The highest BCUT2D eigenvalue weighted by Gasteiger charge is 2.17. The summed E-state index contributed by atoms with van der Waals surface area (Å²) in [5.74, 6) is 1.36. The van der Waals surface area contributed by atoms with Gasteiger partial charge in [-0.15, -0.1) is 10.2 Å². The first kappa shape index (κ1) is 20.5. The quantitative estimate of drug-likeness (QED) is 0.348. The molecule has 5 aromatic rings. The Labute approximate surface area is 190 Å². The fourth-order valence-corrected chi connectivity index (χ4v) is 4.95. The highest BCUT2D eigenvalue weighted by Crippen LogP contribution is 2.26. The average molecular weight is 441 g/mol. The molecule has 0 spiro atoms. The summed E-state index contributed by atoms with van der Waals surface area (Å²) < 4.78 is 3.74. The molecule has 6 heteroatoms. The minimum absolute atomic E-state index is 0.0489. The summed E-state index contributed by atoms with van der Waals surface area (Å²) in [6.45, 7) is 6.75. The number of rotatable bonds is 5. The Kier molecular flexibility index (Phi) is 5.31. The maximum atomic E-state index is 13.4. The molecular formula is C26H24N4OS. The molecule has 0 N–H and O–H groups in total. The van der Waals surface area contributed by atoms with Gasteiger partial charge in [0.25, 0.3) is 5.56 Å². The predicted octanol–water partition coefficient (Wildman–Crippen LogP) is 5.31. The van der Waals surface area contributed by atoms with Crippen LogP contribution in [0.2, 0.25) is 0 Å². The van der Waals surface area contributed by atoms with Gasteiger partial charge in [-0.25, -0.2) is 0 Å². The van der Waals surface area contributed by atoms with E-state index >= 15 is 0 Å². The van der Waals surface area contributed by atoms with Crippen LogP contribution in [-0.2, 0) is 12.3 Å². The van der Waals surface area contributed by atoms with Crippen molar-refractivity contribution in [3.8, 4) is 0 Å². The fourth-order valence-electron chi connectivity index (χ4n) is 3.94. The summed E-state index contributed by atoms with van der Waals surface area (Å²) in [6.07, 6.45) is 0. The van der Waals surface area contributed by atoms with Gasteiger partial charge in [-0.05, 0) is 49.6 Å². The minimum Gasteiger partial charge on any atom is -0.272 e. The van der Waals surface area contributed by atoms with Crippen molar-refractivity contribution in [2.24, 2.45) is 0 Å². The highest BCUT2D eigenvalue weighted by molar-refractivity contribution is 7.98. The third-order valence-corrected chi connectivity index (χ3v) is 6.78. The molecule has 0 fully saturated rings. The smallest absolute Gasteiger partial charge is 0.263 e. The second kappa shape index (κ2) is 8.28. The number of aromatic nitrogens is 4. The number of nitrogens with zero attached hydrogens (tertiary/aromatic N) is 4. The number of hydrogen-bond acceptors (Lipinski definition) is 4. The Hall–Kier alpha value is -3.38. The molecule has 160 valence electrons. The normalized spacial score (nSPS) is 11.5. The van der Waals surface area contributed by atoms with Crippen LogP contribution in [-0.4, -0.2) is 19.2 Å². The van der Waals surface area contributed by atoms with Crippen LogP contribution in [0.15, 0.2) is 76.7 Å². The molecule has 2 aromatic heterocycles. The summed E-state index contributed by atoms with van der Waals surface area (Å²) in [5.41, 5.74) is 6.82. The summed E-state index contributed by atoms with van der Waals surface area (Å²) in [7, 11) is 0. The number of para-hydroxylation sites is 1. The first-order valence-corrected chi connectivity index (χ1v) is 11.6. The van der Waals surface area contributed by atoms with Crippen molar-refractivity contribution < 1.29 is 0 Å². The second-order valence-electron chi connectivity index (χ2n) is 8.23. The van der Waals surface area contributed by atoms with Gasteiger partial charge in [-0.1, -0.05) is 77.5 Å². The van der Waals surface area contributed by atoms with Gasteiger partial charge in [0.1, 0.15) is 0 Å². The van der Waals surface area contributed by atoms with Crippen molar-refractivity contribution in [2.75, 3.05) is 0 Å². The third kappa shape index (κ3) is 3.71. The van der Waals surface area contributed by atoms with Crippen LogP contribution in [0.5, 0.6) is 0 Å². The monoisotopic (exact) mass is 440 g/mol. The zero-order chi connectivity index (χ0) is 22.2. The topological polar surface area (TPSA) is 52.2 Å². The SMILES string of the molecule is Cc1ccc(Cn2c(=O)c3ccccc3n3c(SCc4cc(C)ccc4C)nnc23)cc1. The molecule has 32 heavy (non-hydrogen) atoms. The van der Waals surface area contributed by atoms with E-state index < -0.39 is 0 Å². The number of fused-ring (bicyclic) bond motifs is 3. The van der Waals surface area contributed by atoms with E-state index in [0.29, 0.717) is 17.7 Å². The highest BCUT2D eigenvalue weighted by atomic mass is 32.2. The zero-order valence-electron chi connectivity index (χ0n) is 18.4. The van der Waals surface area contributed by atoms with Crippen LogP contribution < -0.4 is 5.56 Å². The molecule has 0 bridgehead atoms. The number of benzene rings is 3. The van der Waals surface area contributed by atoms with Gasteiger partial charge in [-0.3, -0.25) is 13.8 Å². The number of aryl methyl sites for hydroxylation is 3. The minimum atomic E-state index is -0.0489. The maximum Gasteiger partial charge on any atom is 0.263 e. The molecule has 5 nitrogen and oxygen atoms in total. The molecule has 0 aliphatic carbocycles. The molecule has 0 saturated carbocycles. The van der Waals surface area contributed by atoms with Gasteiger partial charge >= 0.3 is 0 Å². The average Bonchev–Trinajstić information content (AvgIpc) is 3.22. The third-order valence-electron chi connectivity index (χ3n) is 5.80. The van der Waals surface area contributed by atoms with Gasteiger partial charge in [0.15, 0.2) is 5.16 Å². The van der Waals surface area contributed by atoms with E-state index in [-0.39, 0.29) is 5.56 Å². The number of hydrogen-bond donors (Lipinski definition) is 0. The Morgan fingerprint density at radius 3 is 2.44 bits per heavy atom. The van der Waals surface area contributed by atoms with Gasteiger partial charge in [0.05, 0.1) is 17.4 Å². The molecule has 0 aliphatic rings. The van der Waals surface area contributed by atoms with Gasteiger partial charge in [-0.2, -0.15) is 0 Å². The van der Waals surface area contributed by atoms with Crippen LogP contribution in [0.1, 0.15) is 27.8 Å². The van der Waals surface area contributed by atoms with Crippen molar-refractivity contribution in [3.05, 3.63) is 105 Å². The molecule has 0 saturated heterocycles. The largest absolute Gasteiger partial charge is 0.272 e. The van der Waals surface area contributed by atoms with Crippen molar-refractivity contribution in [3.63, 3.8) is 0 Å². The predicted molar refractivity (Wildman–Crippen MR) is 131 cm³/mol. The maximum absolute atomic E-state index is 13.4. The molecule has 0 atom stereocenters. The summed E-state index contributed by atoms with van der Waals surface area (Å²) >= 11 is 1.64. The van der Waals surface area contributed by atoms with Crippen molar-refractivity contribution in [2.45, 2.75) is 38.2 Å². The molecular weight excluding hydrogens is 416 g/mol. The lowest BCUT2D eigenvalue weighted by Gasteiger charge is -2.12. The van der Waals surface area contributed by atoms with Crippen molar-refractivity contribution in [1.82, 2.24) is 19.2 Å². The van der Waals surface area contributed by atoms with Gasteiger partial charge in [0, 0.05) is 5.75 Å². The van der Waals surface area contributed by atoms with E-state index in [0.717, 1.165) is 22.0 Å². The molecule has 3 aromatic carbocycles. The van der Waals surface area contributed by atoms with Crippen LogP contribution in [0, 0.1) is 20.8 Å². The Morgan fingerprint density at radius 1 is 0.875 bits per heavy atom. The van der Waals surface area contributed by atoms with E-state index in [9.17, 15) is 4.79 Å². The Bertz CT molecular complexity index is 1500. The number of thioether (sulfide) groups is 1. The second-order valence-corrected chi connectivity index (χ2v) is 9.17. The Morgan fingerprint density at radius 2 is 1.62 bits per heavy atom. The van der Waals surface area contributed by atoms with E-state index in [1.54, 1.807) is 16.3 Å². The molecule has 2 heterocycles. The molecule has 0 amide bonds. The Balaban J connectivity index is 1.63. The molecule has 0 radical (unpaired) electrons. The van der Waals surface area contributed by atoms with Gasteiger partial charge in [0.2, 0.25) is 5.78 Å². The lowest BCUT2D eigenvalue weighted by molar-refractivity contribution is 0.763. The molecule has 5 rings (SSSR count). The lowest BCUT2D eigenvalue weighted by Crippen LogP contribution is -2.24. The van der Waals surface area contributed by atoms with E-state index in [2.05, 4.69) is 73.4 Å². The van der Waals surface area contributed by atoms with Crippen molar-refractivity contribution >= 4 is 28.4 Å². The summed E-state index contributed by atoms with van der Waals surface area (Å²) in [6, 6.07) is 22.4. The lowest BCUT2D eigenvalue weighted by atomic mass is 10.1. The molecule has 0 unspecified atom stereocenters. The standard InChI is InChI=1S/C26H24N4OS/c1-17-9-12-20(13-10-17)15-29-24(31)22-6-4-5-7-23(22)30-25(29)27-28-26(30)32-16-21-14-18(2)8-11-19(21)3/h4-14H,15-16H2,1-3H3. The first-order valence-electron chi connectivity index (χ1n) is 10.6. The van der Waals surface area contributed by atoms with Crippen LogP contribution in [0.25, 0.3) is 16.7 Å². The van der Waals surface area contributed by atoms with Gasteiger partial charge < -0.3 is 0 Å². The van der Waals surface area contributed by atoms with Crippen LogP contribution in [0.3, 0.4) is 0 Å². The molecule has 0 aliphatic heterocycles. The van der Waals surface area contributed by atoms with E-state index in [4.69, 9.17) is 0 Å². The van der Waals surface area contributed by atoms with E-state index in [1.807, 2.05) is 28.7 Å². The van der Waals surface area contributed by atoms with E-state index in [1.165, 1.54) is 22.3 Å². The summed E-state index contributed by atoms with van der Waals surface area (Å²) in [4.78, 5) is 13.4. The first-order chi connectivity index (χ1) is 15.5. The summed E-state index contributed by atoms with van der Waals surface area (Å²) in [5, 5.41) is 10.4. The van der Waals surface area contributed by atoms with Crippen LogP contribution >= 0.6 is 11.8 Å². The van der Waals surface area contributed by atoms with Crippen molar-refractivity contribution in [1.29, 1.82) is 0 Å².